The summed E-state index contributed by atoms with van der Waals surface area (Å²) in [5.41, 5.74) is -5.00. The third kappa shape index (κ3) is 3.50. The molecule has 0 radical (unpaired) electrons. The number of fused-ring (bicyclic) bond motifs is 5. The summed E-state index contributed by atoms with van der Waals surface area (Å²) in [6.45, 7) is 14.4. The fourth-order valence-electron chi connectivity index (χ4n) is 8.65. The van der Waals surface area contributed by atoms with E-state index in [0.717, 1.165) is 18.1 Å². The molecule has 2 aliphatic heterocycles. The number of aliphatic hydroxyl groups is 1. The Morgan fingerprint density at radius 1 is 1.10 bits per heavy atom. The van der Waals surface area contributed by atoms with E-state index in [1.165, 1.54) is 6.92 Å². The second-order valence-corrected chi connectivity index (χ2v) is 17.7. The number of ether oxygens (including phenoxy) is 4. The first-order valence-electron chi connectivity index (χ1n) is 14.5. The van der Waals surface area contributed by atoms with Gasteiger partial charge in [-0.25, -0.2) is 4.79 Å². The Morgan fingerprint density at radius 3 is 2.25 bits per heavy atom. The normalized spacial score (nSPS) is 41.9. The van der Waals surface area contributed by atoms with Crippen LogP contribution in [0.2, 0.25) is 18.1 Å². The molecule has 222 valence electrons. The summed E-state index contributed by atoms with van der Waals surface area (Å²) >= 11 is 0. The van der Waals surface area contributed by atoms with Gasteiger partial charge in [0, 0.05) is 18.8 Å². The smallest absolute Gasteiger partial charge is 0.454 e. The fourth-order valence-corrected chi connectivity index (χ4v) is 11.6. The summed E-state index contributed by atoms with van der Waals surface area (Å²) in [7, 11) is -2.32. The van der Waals surface area contributed by atoms with Crippen LogP contribution < -0.4 is 0 Å². The monoisotopic (exact) mass is 578 g/mol. The largest absolute Gasteiger partial charge is 0.509 e. The number of ketones is 2. The minimum atomic E-state index is -2.32. The second kappa shape index (κ2) is 9.21. The molecule has 1 spiro atoms. The molecule has 0 unspecified atom stereocenters. The first kappa shape index (κ1) is 29.4. The van der Waals surface area contributed by atoms with Gasteiger partial charge in [-0.1, -0.05) is 34.6 Å². The van der Waals surface area contributed by atoms with E-state index in [-0.39, 0.29) is 36.4 Å². The molecule has 1 N–H and O–H groups in total. The molecule has 2 saturated heterocycles. The van der Waals surface area contributed by atoms with Gasteiger partial charge in [-0.3, -0.25) is 14.4 Å². The van der Waals surface area contributed by atoms with Crippen LogP contribution in [0.4, 0.5) is 4.79 Å². The molecule has 40 heavy (non-hydrogen) atoms. The SMILES string of the molecule is CC[Si](CC)(CC)O[C@H]1C[C@H]2OC[C@@]2(OC(C)=O)[C@H]2[C@@H]3OC(=O)O[C@]34CC(=O)C(C)=C([C@@H](O)C(=O)[C@]12C)C4(C)C. The lowest BCUT2D eigenvalue weighted by Crippen LogP contribution is -2.81. The maximum atomic E-state index is 14.8. The van der Waals surface area contributed by atoms with Gasteiger partial charge in [0.15, 0.2) is 37.2 Å². The van der Waals surface area contributed by atoms with Crippen LogP contribution in [-0.2, 0) is 37.8 Å². The van der Waals surface area contributed by atoms with Gasteiger partial charge in [0.1, 0.15) is 12.2 Å². The standard InChI is InChI=1S/C29H42O10Si/c1-9-40(10-2,11-3)39-18-12-19-28(14-35-19,37-16(5)30)22-24-29(38-25(34)36-24)13-17(31)15(4)20(26(29,6)7)21(32)23(33)27(18,22)8/h18-19,21-22,24,32H,9-14H2,1-8H3/t18-,19+,21+,22-,24-,27+,28-,29+/m0/s1. The highest BCUT2D eigenvalue weighted by molar-refractivity contribution is 6.73. The molecule has 0 amide bonds. The van der Waals surface area contributed by atoms with E-state index in [2.05, 4.69) is 20.8 Å². The van der Waals surface area contributed by atoms with Gasteiger partial charge in [-0.05, 0) is 43.1 Å². The van der Waals surface area contributed by atoms with Crippen molar-refractivity contribution in [1.29, 1.82) is 0 Å². The minimum absolute atomic E-state index is 0.0221. The molecule has 3 aliphatic carbocycles. The van der Waals surface area contributed by atoms with Gasteiger partial charge in [0.2, 0.25) is 0 Å². The summed E-state index contributed by atoms with van der Waals surface area (Å²) in [4.78, 5) is 53.9. The van der Waals surface area contributed by atoms with Crippen LogP contribution in [0, 0.1) is 16.7 Å². The van der Waals surface area contributed by atoms with Crippen molar-refractivity contribution in [2.75, 3.05) is 6.61 Å². The number of Topliss-reactive ketones (excluding diaryl/α,β-unsaturated/α-hetero) is 2. The van der Waals surface area contributed by atoms with Gasteiger partial charge in [-0.15, -0.1) is 0 Å². The number of allylic oxidation sites excluding steroid dienone is 1. The van der Waals surface area contributed by atoms with Gasteiger partial charge in [0.05, 0.1) is 30.5 Å². The molecular weight excluding hydrogens is 536 g/mol. The van der Waals surface area contributed by atoms with Crippen LogP contribution in [0.1, 0.15) is 68.2 Å². The Kier molecular flexibility index (Phi) is 6.77. The number of carbonyl (C=O) groups excluding carboxylic acids is 4. The highest BCUT2D eigenvalue weighted by Gasteiger charge is 2.80. The van der Waals surface area contributed by atoms with E-state index in [4.69, 9.17) is 23.4 Å². The van der Waals surface area contributed by atoms with Crippen LogP contribution in [-0.4, -0.2) is 79.3 Å². The van der Waals surface area contributed by atoms with Crippen molar-refractivity contribution >= 4 is 32.0 Å². The number of aliphatic hydroxyl groups excluding tert-OH is 1. The van der Waals surface area contributed by atoms with E-state index in [9.17, 15) is 24.3 Å². The lowest BCUT2D eigenvalue weighted by Gasteiger charge is -2.66. The molecule has 0 aromatic carbocycles. The van der Waals surface area contributed by atoms with E-state index in [1.54, 1.807) is 27.7 Å². The molecule has 2 heterocycles. The van der Waals surface area contributed by atoms with Gasteiger partial charge >= 0.3 is 12.1 Å². The highest BCUT2D eigenvalue weighted by Crippen LogP contribution is 2.66. The van der Waals surface area contributed by atoms with Crippen molar-refractivity contribution in [3.63, 3.8) is 0 Å². The maximum absolute atomic E-state index is 14.8. The van der Waals surface area contributed by atoms with Gasteiger partial charge in [0.25, 0.3) is 0 Å². The molecule has 8 atom stereocenters. The Labute approximate surface area is 236 Å². The number of rotatable bonds is 6. The average Bonchev–Trinajstić information content (AvgIpc) is 3.21. The van der Waals surface area contributed by atoms with Crippen molar-refractivity contribution in [2.45, 2.75) is 122 Å². The number of carbonyl (C=O) groups is 4. The number of esters is 1. The number of hydrogen-bond acceptors (Lipinski definition) is 10. The van der Waals surface area contributed by atoms with E-state index in [1.807, 2.05) is 0 Å². The lowest BCUT2D eigenvalue weighted by atomic mass is 9.45. The molecule has 10 nitrogen and oxygen atoms in total. The molecule has 0 aromatic heterocycles. The van der Waals surface area contributed by atoms with Crippen LogP contribution >= 0.6 is 0 Å². The lowest BCUT2D eigenvalue weighted by molar-refractivity contribution is -0.334. The summed E-state index contributed by atoms with van der Waals surface area (Å²) in [5.74, 6) is -2.45. The Morgan fingerprint density at radius 2 is 1.73 bits per heavy atom. The first-order valence-corrected chi connectivity index (χ1v) is 17.0. The van der Waals surface area contributed by atoms with Gasteiger partial charge in [-0.2, -0.15) is 0 Å². The fraction of sp³-hybridized carbons (Fsp3) is 0.793. The van der Waals surface area contributed by atoms with Crippen LogP contribution in [0.5, 0.6) is 0 Å². The quantitative estimate of drug-likeness (QED) is 0.368. The Balaban J connectivity index is 1.82. The minimum Gasteiger partial charge on any atom is -0.454 e. The summed E-state index contributed by atoms with van der Waals surface area (Å²) in [6.07, 6.45) is -5.05. The summed E-state index contributed by atoms with van der Waals surface area (Å²) in [5, 5.41) is 11.9. The molecule has 2 bridgehead atoms. The Bertz CT molecular complexity index is 1180. The molecule has 5 aliphatic rings. The zero-order valence-corrected chi connectivity index (χ0v) is 25.8. The van der Waals surface area contributed by atoms with E-state index < -0.39 is 78.6 Å². The highest BCUT2D eigenvalue weighted by atomic mass is 28.4. The zero-order valence-electron chi connectivity index (χ0n) is 24.8. The number of hydrogen-bond donors (Lipinski definition) is 1. The molecule has 5 rings (SSSR count). The van der Waals surface area contributed by atoms with Crippen molar-refractivity contribution in [1.82, 2.24) is 0 Å². The average molecular weight is 579 g/mol. The van der Waals surface area contributed by atoms with Gasteiger partial charge < -0.3 is 28.5 Å². The van der Waals surface area contributed by atoms with Crippen LogP contribution in [0.25, 0.3) is 0 Å². The van der Waals surface area contributed by atoms with Crippen molar-refractivity contribution in [3.8, 4) is 0 Å². The summed E-state index contributed by atoms with van der Waals surface area (Å²) in [6, 6.07) is 2.48. The first-order chi connectivity index (χ1) is 18.6. The van der Waals surface area contributed by atoms with Crippen LogP contribution in [0.3, 0.4) is 0 Å². The maximum Gasteiger partial charge on any atom is 0.509 e. The summed E-state index contributed by atoms with van der Waals surface area (Å²) < 4.78 is 31.0. The van der Waals surface area contributed by atoms with Crippen molar-refractivity contribution < 1.29 is 47.7 Å². The predicted molar refractivity (Wildman–Crippen MR) is 144 cm³/mol. The molecule has 4 fully saturated rings. The molecule has 11 heteroatoms. The van der Waals surface area contributed by atoms with E-state index in [0.29, 0.717) is 0 Å². The van der Waals surface area contributed by atoms with Crippen molar-refractivity contribution in [2.24, 2.45) is 16.7 Å². The molecular formula is C29H42O10Si. The predicted octanol–water partition coefficient (Wildman–Crippen LogP) is 3.64. The zero-order chi connectivity index (χ0) is 29.6. The molecule has 0 aromatic rings. The van der Waals surface area contributed by atoms with E-state index >= 15 is 0 Å². The Hall–Kier alpha value is -2.08. The molecule has 2 saturated carbocycles. The third-order valence-corrected chi connectivity index (χ3v) is 15.9. The second-order valence-electron chi connectivity index (χ2n) is 13.0. The topological polar surface area (TPSA) is 135 Å². The van der Waals surface area contributed by atoms with Crippen LogP contribution in [0.15, 0.2) is 11.1 Å². The van der Waals surface area contributed by atoms with Crippen molar-refractivity contribution in [3.05, 3.63) is 11.1 Å². The third-order valence-electron chi connectivity index (χ3n) is 11.3.